The van der Waals surface area contributed by atoms with Gasteiger partial charge in [0.15, 0.2) is 0 Å². The number of nitro groups is 1. The maximum absolute atomic E-state index is 12.0. The minimum atomic E-state index is -0.491. The van der Waals surface area contributed by atoms with Crippen LogP contribution in [0.25, 0.3) is 0 Å². The van der Waals surface area contributed by atoms with Crippen molar-refractivity contribution in [2.45, 2.75) is 26.9 Å². The summed E-state index contributed by atoms with van der Waals surface area (Å²) in [7, 11) is 0. The average Bonchev–Trinajstić information content (AvgIpc) is 2.93. The Morgan fingerprint density at radius 3 is 2.81 bits per heavy atom. The first-order chi connectivity index (χ1) is 10.0. The van der Waals surface area contributed by atoms with Gasteiger partial charge in [-0.1, -0.05) is 6.07 Å². The van der Waals surface area contributed by atoms with Crippen LogP contribution in [0, 0.1) is 17.0 Å². The van der Waals surface area contributed by atoms with E-state index in [0.29, 0.717) is 5.56 Å². The number of amides is 1. The molecule has 0 aliphatic heterocycles. The molecule has 1 heterocycles. The zero-order valence-corrected chi connectivity index (χ0v) is 11.9. The molecule has 7 heteroatoms. The number of carbonyl (C=O) groups is 1. The van der Waals surface area contributed by atoms with E-state index in [1.165, 1.54) is 6.07 Å². The molecule has 0 aliphatic rings. The van der Waals surface area contributed by atoms with Crippen LogP contribution in [0.4, 0.5) is 5.69 Å². The van der Waals surface area contributed by atoms with Gasteiger partial charge in [-0.15, -0.1) is 0 Å². The lowest BCUT2D eigenvalue weighted by Gasteiger charge is -2.04. The standard InChI is InChI=1S/C14H16N4O3/c1-3-17-7-6-12(16-17)9-15-14(19)11-5-4-10(2)13(8-11)18(20)21/h4-8H,3,9H2,1-2H3,(H,15,19). The van der Waals surface area contributed by atoms with Gasteiger partial charge in [-0.2, -0.15) is 5.10 Å². The molecule has 0 aliphatic carbocycles. The predicted molar refractivity (Wildman–Crippen MR) is 76.9 cm³/mol. The third-order valence-corrected chi connectivity index (χ3v) is 3.12. The molecule has 0 fully saturated rings. The van der Waals surface area contributed by atoms with Crippen molar-refractivity contribution in [2.24, 2.45) is 0 Å². The molecule has 1 amide bonds. The van der Waals surface area contributed by atoms with Gasteiger partial charge >= 0.3 is 0 Å². The molecule has 1 N–H and O–H groups in total. The highest BCUT2D eigenvalue weighted by Crippen LogP contribution is 2.19. The number of aromatic nitrogens is 2. The van der Waals surface area contributed by atoms with Gasteiger partial charge in [0.05, 0.1) is 17.2 Å². The van der Waals surface area contributed by atoms with Crippen LogP contribution in [-0.2, 0) is 13.1 Å². The van der Waals surface area contributed by atoms with Gasteiger partial charge in [0, 0.05) is 29.9 Å². The van der Waals surface area contributed by atoms with Gasteiger partial charge in [-0.3, -0.25) is 19.6 Å². The van der Waals surface area contributed by atoms with Crippen molar-refractivity contribution in [3.63, 3.8) is 0 Å². The summed E-state index contributed by atoms with van der Waals surface area (Å²) < 4.78 is 1.76. The van der Waals surface area contributed by atoms with E-state index in [9.17, 15) is 14.9 Å². The summed E-state index contributed by atoms with van der Waals surface area (Å²) in [6.45, 7) is 4.66. The van der Waals surface area contributed by atoms with E-state index in [0.717, 1.165) is 12.2 Å². The average molecular weight is 288 g/mol. The number of hydrogen-bond acceptors (Lipinski definition) is 4. The van der Waals surface area contributed by atoms with Crippen molar-refractivity contribution in [1.82, 2.24) is 15.1 Å². The summed E-state index contributed by atoms with van der Waals surface area (Å²) in [6, 6.07) is 6.25. The minimum absolute atomic E-state index is 0.0575. The van der Waals surface area contributed by atoms with Gasteiger partial charge in [-0.05, 0) is 26.0 Å². The summed E-state index contributed by atoms with van der Waals surface area (Å²) in [4.78, 5) is 22.4. The molecule has 7 nitrogen and oxygen atoms in total. The Bertz CT molecular complexity index is 679. The number of benzene rings is 1. The summed E-state index contributed by atoms with van der Waals surface area (Å²) in [5.41, 5.74) is 1.48. The topological polar surface area (TPSA) is 90.1 Å². The molecule has 1 aromatic heterocycles. The van der Waals surface area contributed by atoms with Crippen LogP contribution in [-0.4, -0.2) is 20.6 Å². The minimum Gasteiger partial charge on any atom is -0.346 e. The lowest BCUT2D eigenvalue weighted by molar-refractivity contribution is -0.385. The number of aryl methyl sites for hydroxylation is 2. The largest absolute Gasteiger partial charge is 0.346 e. The Kier molecular flexibility index (Phi) is 4.32. The molecule has 21 heavy (non-hydrogen) atoms. The van der Waals surface area contributed by atoms with Crippen LogP contribution in [0.5, 0.6) is 0 Å². The Morgan fingerprint density at radius 2 is 2.19 bits per heavy atom. The fraction of sp³-hybridized carbons (Fsp3) is 0.286. The second kappa shape index (κ2) is 6.17. The highest BCUT2D eigenvalue weighted by molar-refractivity contribution is 5.94. The Hall–Kier alpha value is -2.70. The van der Waals surface area contributed by atoms with Gasteiger partial charge < -0.3 is 5.32 Å². The van der Waals surface area contributed by atoms with Crippen molar-refractivity contribution in [2.75, 3.05) is 0 Å². The molecular weight excluding hydrogens is 272 g/mol. The quantitative estimate of drug-likeness (QED) is 0.673. The molecule has 0 radical (unpaired) electrons. The SMILES string of the molecule is CCn1ccc(CNC(=O)c2ccc(C)c([N+](=O)[O-])c2)n1. The van der Waals surface area contributed by atoms with Crippen molar-refractivity contribution >= 4 is 11.6 Å². The molecule has 0 spiro atoms. The molecule has 2 rings (SSSR count). The normalized spacial score (nSPS) is 10.4. The van der Waals surface area contributed by atoms with Crippen molar-refractivity contribution < 1.29 is 9.72 Å². The van der Waals surface area contributed by atoms with E-state index < -0.39 is 4.92 Å². The maximum atomic E-state index is 12.0. The van der Waals surface area contributed by atoms with Gasteiger partial charge in [0.25, 0.3) is 11.6 Å². The molecule has 0 unspecified atom stereocenters. The molecular formula is C14H16N4O3. The number of carbonyl (C=O) groups excluding carboxylic acids is 1. The van der Waals surface area contributed by atoms with E-state index >= 15 is 0 Å². The number of rotatable bonds is 5. The highest BCUT2D eigenvalue weighted by Gasteiger charge is 2.14. The molecule has 2 aromatic rings. The highest BCUT2D eigenvalue weighted by atomic mass is 16.6. The van der Waals surface area contributed by atoms with Crippen LogP contribution in [0.3, 0.4) is 0 Å². The fourth-order valence-corrected chi connectivity index (χ4v) is 1.89. The van der Waals surface area contributed by atoms with Crippen LogP contribution in [0.15, 0.2) is 30.5 Å². The van der Waals surface area contributed by atoms with Crippen LogP contribution >= 0.6 is 0 Å². The molecule has 110 valence electrons. The number of nitro benzene ring substituents is 1. The maximum Gasteiger partial charge on any atom is 0.273 e. The number of hydrogen-bond donors (Lipinski definition) is 1. The lowest BCUT2D eigenvalue weighted by atomic mass is 10.1. The molecule has 0 saturated heterocycles. The fourth-order valence-electron chi connectivity index (χ4n) is 1.89. The van der Waals surface area contributed by atoms with Crippen LogP contribution in [0.1, 0.15) is 28.5 Å². The molecule has 1 aromatic carbocycles. The van der Waals surface area contributed by atoms with Crippen molar-refractivity contribution in [1.29, 1.82) is 0 Å². The summed E-state index contributed by atoms with van der Waals surface area (Å²) in [5.74, 6) is -0.357. The molecule has 0 bridgehead atoms. The summed E-state index contributed by atoms with van der Waals surface area (Å²) in [5, 5.41) is 17.8. The molecule has 0 atom stereocenters. The van der Waals surface area contributed by atoms with E-state index in [2.05, 4.69) is 10.4 Å². The van der Waals surface area contributed by atoms with Gasteiger partial charge in [0.2, 0.25) is 0 Å². The number of nitrogens with zero attached hydrogens (tertiary/aromatic N) is 3. The van der Waals surface area contributed by atoms with Crippen molar-refractivity contribution in [3.05, 3.63) is 57.4 Å². The first-order valence-corrected chi connectivity index (χ1v) is 6.57. The number of nitrogens with one attached hydrogen (secondary N) is 1. The smallest absolute Gasteiger partial charge is 0.273 e. The third kappa shape index (κ3) is 3.44. The lowest BCUT2D eigenvalue weighted by Crippen LogP contribution is -2.23. The van der Waals surface area contributed by atoms with E-state index in [4.69, 9.17) is 0 Å². The first kappa shape index (κ1) is 14.7. The summed E-state index contributed by atoms with van der Waals surface area (Å²) >= 11 is 0. The van der Waals surface area contributed by atoms with E-state index in [-0.39, 0.29) is 23.7 Å². The first-order valence-electron chi connectivity index (χ1n) is 6.57. The van der Waals surface area contributed by atoms with E-state index in [1.54, 1.807) is 23.7 Å². The third-order valence-electron chi connectivity index (χ3n) is 3.12. The zero-order valence-electron chi connectivity index (χ0n) is 11.9. The monoisotopic (exact) mass is 288 g/mol. The second-order valence-corrected chi connectivity index (χ2v) is 4.60. The molecule has 0 saturated carbocycles. The zero-order chi connectivity index (χ0) is 15.4. The van der Waals surface area contributed by atoms with Crippen molar-refractivity contribution in [3.8, 4) is 0 Å². The van der Waals surface area contributed by atoms with Crippen LogP contribution in [0.2, 0.25) is 0 Å². The summed E-state index contributed by atoms with van der Waals surface area (Å²) in [6.07, 6.45) is 1.83. The van der Waals surface area contributed by atoms with Gasteiger partial charge in [0.1, 0.15) is 0 Å². The van der Waals surface area contributed by atoms with E-state index in [1.807, 2.05) is 19.2 Å². The Labute approximate surface area is 121 Å². The predicted octanol–water partition coefficient (Wildman–Crippen LogP) is 2.05. The second-order valence-electron chi connectivity index (χ2n) is 4.60. The van der Waals surface area contributed by atoms with Crippen LogP contribution < -0.4 is 5.32 Å². The van der Waals surface area contributed by atoms with Gasteiger partial charge in [-0.25, -0.2) is 0 Å². The Morgan fingerprint density at radius 1 is 1.43 bits per heavy atom. The Balaban J connectivity index is 2.06.